The lowest BCUT2D eigenvalue weighted by molar-refractivity contribution is 0.0949. The summed E-state index contributed by atoms with van der Waals surface area (Å²) in [5.41, 5.74) is 2.50. The Morgan fingerprint density at radius 1 is 1.00 bits per heavy atom. The maximum Gasteiger partial charge on any atom is 0.251 e. The normalized spacial score (nSPS) is 19.8. The Morgan fingerprint density at radius 2 is 1.77 bits per heavy atom. The van der Waals surface area contributed by atoms with Gasteiger partial charge in [0.1, 0.15) is 0 Å². The molecular weight excluding hydrogens is 374 g/mol. The molecule has 1 N–H and O–H groups in total. The zero-order valence-corrected chi connectivity index (χ0v) is 18.0. The van der Waals surface area contributed by atoms with Crippen LogP contribution in [0.1, 0.15) is 55.8 Å². The SMILES string of the molecule is C[C@H]1CCCCN1CCCNC(=O)c1ccc(-c2ccc(N3CCCC3)nn2)cc1. The maximum atomic E-state index is 12.4. The minimum Gasteiger partial charge on any atom is -0.355 e. The van der Waals surface area contributed by atoms with Gasteiger partial charge in [-0.05, 0) is 69.8 Å². The second-order valence-electron chi connectivity index (χ2n) is 8.54. The van der Waals surface area contributed by atoms with Crippen LogP contribution in [0.4, 0.5) is 5.82 Å². The van der Waals surface area contributed by atoms with Crippen molar-refractivity contribution in [3.05, 3.63) is 42.0 Å². The van der Waals surface area contributed by atoms with Gasteiger partial charge in [0.05, 0.1) is 5.69 Å². The van der Waals surface area contributed by atoms with E-state index in [4.69, 9.17) is 0 Å². The third-order valence-electron chi connectivity index (χ3n) is 6.37. The first kappa shape index (κ1) is 20.8. The van der Waals surface area contributed by atoms with Crippen molar-refractivity contribution in [2.24, 2.45) is 0 Å². The van der Waals surface area contributed by atoms with Gasteiger partial charge in [-0.25, -0.2) is 0 Å². The standard InChI is InChI=1S/C24H33N5O/c1-19-7-2-3-15-28(19)18-6-14-25-24(30)21-10-8-20(9-11-21)22-12-13-23(27-26-22)29-16-4-5-17-29/h8-13,19H,2-7,14-18H2,1H3,(H,25,30)/t19-/m0/s1. The molecular formula is C24H33N5O. The summed E-state index contributed by atoms with van der Waals surface area (Å²) in [4.78, 5) is 17.3. The van der Waals surface area contributed by atoms with E-state index in [9.17, 15) is 4.79 Å². The zero-order chi connectivity index (χ0) is 20.8. The molecule has 4 rings (SSSR count). The van der Waals surface area contributed by atoms with Gasteiger partial charge in [0.15, 0.2) is 5.82 Å². The Hall–Kier alpha value is -2.47. The minimum absolute atomic E-state index is 0.0105. The predicted octanol–water partition coefficient (Wildman–Crippen LogP) is 3.74. The van der Waals surface area contributed by atoms with E-state index in [1.165, 1.54) is 38.6 Å². The Labute approximate surface area is 179 Å². The Bertz CT molecular complexity index is 814. The number of hydrogen-bond donors (Lipinski definition) is 1. The molecule has 1 amide bonds. The number of benzene rings is 1. The van der Waals surface area contributed by atoms with E-state index in [2.05, 4.69) is 32.2 Å². The highest BCUT2D eigenvalue weighted by molar-refractivity contribution is 5.94. The van der Waals surface area contributed by atoms with E-state index >= 15 is 0 Å². The quantitative estimate of drug-likeness (QED) is 0.709. The Balaban J connectivity index is 1.26. The first-order valence-electron chi connectivity index (χ1n) is 11.4. The number of piperidine rings is 1. The molecule has 160 valence electrons. The van der Waals surface area contributed by atoms with Crippen LogP contribution in [0.3, 0.4) is 0 Å². The van der Waals surface area contributed by atoms with Crippen molar-refractivity contribution in [3.8, 4) is 11.3 Å². The average molecular weight is 408 g/mol. The number of rotatable bonds is 7. The average Bonchev–Trinajstić information content (AvgIpc) is 3.33. The largest absolute Gasteiger partial charge is 0.355 e. The van der Waals surface area contributed by atoms with Gasteiger partial charge in [0, 0.05) is 43.3 Å². The first-order chi connectivity index (χ1) is 14.7. The summed E-state index contributed by atoms with van der Waals surface area (Å²) in [6, 6.07) is 12.4. The summed E-state index contributed by atoms with van der Waals surface area (Å²) >= 11 is 0. The van der Waals surface area contributed by atoms with Gasteiger partial charge < -0.3 is 15.1 Å². The number of aromatic nitrogens is 2. The van der Waals surface area contributed by atoms with E-state index in [1.54, 1.807) is 0 Å². The summed E-state index contributed by atoms with van der Waals surface area (Å²) < 4.78 is 0. The smallest absolute Gasteiger partial charge is 0.251 e. The molecule has 6 nitrogen and oxygen atoms in total. The van der Waals surface area contributed by atoms with Crippen LogP contribution in [-0.4, -0.2) is 59.8 Å². The van der Waals surface area contributed by atoms with Crippen LogP contribution in [0.15, 0.2) is 36.4 Å². The lowest BCUT2D eigenvalue weighted by atomic mass is 10.0. The van der Waals surface area contributed by atoms with Gasteiger partial charge >= 0.3 is 0 Å². The van der Waals surface area contributed by atoms with Gasteiger partial charge in [-0.2, -0.15) is 0 Å². The van der Waals surface area contributed by atoms with Gasteiger partial charge in [0.2, 0.25) is 0 Å². The van der Waals surface area contributed by atoms with E-state index < -0.39 is 0 Å². The van der Waals surface area contributed by atoms with Crippen molar-refractivity contribution >= 4 is 11.7 Å². The maximum absolute atomic E-state index is 12.4. The molecule has 0 aliphatic carbocycles. The fraction of sp³-hybridized carbons (Fsp3) is 0.542. The highest BCUT2D eigenvalue weighted by atomic mass is 16.1. The molecule has 0 spiro atoms. The fourth-order valence-electron chi connectivity index (χ4n) is 4.46. The Kier molecular flexibility index (Phi) is 6.95. The van der Waals surface area contributed by atoms with Crippen LogP contribution in [0.5, 0.6) is 0 Å². The van der Waals surface area contributed by atoms with Crippen LogP contribution in [0.25, 0.3) is 11.3 Å². The first-order valence-corrected chi connectivity index (χ1v) is 11.4. The van der Waals surface area contributed by atoms with Crippen LogP contribution in [0.2, 0.25) is 0 Å². The van der Waals surface area contributed by atoms with E-state index in [0.29, 0.717) is 18.2 Å². The van der Waals surface area contributed by atoms with E-state index in [1.807, 2.05) is 36.4 Å². The summed E-state index contributed by atoms with van der Waals surface area (Å²) in [6.45, 7) is 7.41. The number of amides is 1. The van der Waals surface area contributed by atoms with Crippen LogP contribution < -0.4 is 10.2 Å². The number of hydrogen-bond acceptors (Lipinski definition) is 5. The lowest BCUT2D eigenvalue weighted by Gasteiger charge is -2.33. The predicted molar refractivity (Wildman–Crippen MR) is 121 cm³/mol. The topological polar surface area (TPSA) is 61.4 Å². The third kappa shape index (κ3) is 5.17. The molecule has 2 fully saturated rings. The number of nitrogens with zero attached hydrogens (tertiary/aromatic N) is 4. The number of likely N-dealkylation sites (tertiary alicyclic amines) is 1. The summed E-state index contributed by atoms with van der Waals surface area (Å²) in [7, 11) is 0. The molecule has 1 aromatic heterocycles. The molecule has 0 radical (unpaired) electrons. The molecule has 2 saturated heterocycles. The molecule has 30 heavy (non-hydrogen) atoms. The van der Waals surface area contributed by atoms with Crippen LogP contribution in [0, 0.1) is 0 Å². The molecule has 2 aliphatic heterocycles. The second kappa shape index (κ2) is 10.0. The summed E-state index contributed by atoms with van der Waals surface area (Å²) in [5, 5.41) is 11.8. The molecule has 1 atom stereocenters. The fourth-order valence-corrected chi connectivity index (χ4v) is 4.46. The summed E-state index contributed by atoms with van der Waals surface area (Å²) in [5.74, 6) is 0.940. The number of nitrogens with one attached hydrogen (secondary N) is 1. The lowest BCUT2D eigenvalue weighted by Crippen LogP contribution is -2.39. The molecule has 2 aliphatic rings. The monoisotopic (exact) mass is 407 g/mol. The van der Waals surface area contributed by atoms with Crippen molar-refractivity contribution < 1.29 is 4.79 Å². The number of anilines is 1. The van der Waals surface area contributed by atoms with E-state index in [0.717, 1.165) is 43.1 Å². The molecule has 0 bridgehead atoms. The molecule has 1 aromatic carbocycles. The molecule has 2 aromatic rings. The van der Waals surface area contributed by atoms with Crippen molar-refractivity contribution in [3.63, 3.8) is 0 Å². The molecule has 0 unspecified atom stereocenters. The van der Waals surface area contributed by atoms with Gasteiger partial charge in [-0.15, -0.1) is 10.2 Å². The van der Waals surface area contributed by atoms with Crippen molar-refractivity contribution in [2.45, 2.75) is 51.5 Å². The zero-order valence-electron chi connectivity index (χ0n) is 18.0. The van der Waals surface area contributed by atoms with Crippen molar-refractivity contribution in [1.82, 2.24) is 20.4 Å². The number of carbonyl (C=O) groups excluding carboxylic acids is 1. The van der Waals surface area contributed by atoms with Crippen LogP contribution >= 0.6 is 0 Å². The minimum atomic E-state index is -0.0105. The number of carbonyl (C=O) groups is 1. The molecule has 0 saturated carbocycles. The van der Waals surface area contributed by atoms with Gasteiger partial charge in [-0.3, -0.25) is 4.79 Å². The highest BCUT2D eigenvalue weighted by Gasteiger charge is 2.17. The third-order valence-corrected chi connectivity index (χ3v) is 6.37. The second-order valence-corrected chi connectivity index (χ2v) is 8.54. The van der Waals surface area contributed by atoms with Crippen molar-refractivity contribution in [1.29, 1.82) is 0 Å². The molecule has 3 heterocycles. The Morgan fingerprint density at radius 3 is 2.47 bits per heavy atom. The van der Waals surface area contributed by atoms with Crippen molar-refractivity contribution in [2.75, 3.05) is 37.6 Å². The highest BCUT2D eigenvalue weighted by Crippen LogP contribution is 2.21. The van der Waals surface area contributed by atoms with Gasteiger partial charge in [-0.1, -0.05) is 18.6 Å². The van der Waals surface area contributed by atoms with Crippen LogP contribution in [-0.2, 0) is 0 Å². The van der Waals surface area contributed by atoms with E-state index in [-0.39, 0.29) is 5.91 Å². The van der Waals surface area contributed by atoms with Gasteiger partial charge in [0.25, 0.3) is 5.91 Å². The molecule has 6 heteroatoms. The summed E-state index contributed by atoms with van der Waals surface area (Å²) in [6.07, 6.45) is 7.39.